The molecule has 0 N–H and O–H groups in total. The number of aryl methyl sites for hydroxylation is 1. The van der Waals surface area contributed by atoms with E-state index in [1.54, 1.807) is 0 Å². The van der Waals surface area contributed by atoms with E-state index in [0.717, 1.165) is 12.1 Å². The van der Waals surface area contributed by atoms with Crippen LogP contribution in [0, 0.1) is 0 Å². The number of hydrogen-bond donors (Lipinski definition) is 0. The van der Waals surface area contributed by atoms with Gasteiger partial charge in [0.2, 0.25) is 0 Å². The monoisotopic (exact) mass is 200 g/mol. The van der Waals surface area contributed by atoms with Crippen molar-refractivity contribution in [1.29, 1.82) is 0 Å². The lowest BCUT2D eigenvalue weighted by Crippen LogP contribution is -2.05. The lowest BCUT2D eigenvalue weighted by atomic mass is 9.93. The number of para-hydroxylation sites is 1. The molecule has 1 unspecified atom stereocenters. The number of nitrogens with zero attached hydrogens (tertiary/aromatic N) is 2. The van der Waals surface area contributed by atoms with Crippen LogP contribution in [0.5, 0.6) is 0 Å². The van der Waals surface area contributed by atoms with Gasteiger partial charge in [-0.3, -0.25) is 0 Å². The third-order valence-corrected chi connectivity index (χ3v) is 3.49. The molecule has 1 aromatic carbocycles. The molecule has 3 rings (SSSR count). The average molecular weight is 200 g/mol. The quantitative estimate of drug-likeness (QED) is 0.638. The van der Waals surface area contributed by atoms with E-state index < -0.39 is 0 Å². The van der Waals surface area contributed by atoms with Crippen molar-refractivity contribution in [2.24, 2.45) is 0 Å². The molecule has 0 radical (unpaired) electrons. The average Bonchev–Trinajstić information content (AvgIpc) is 2.65. The van der Waals surface area contributed by atoms with Crippen LogP contribution in [0.2, 0.25) is 0 Å². The number of imidazole rings is 1. The van der Waals surface area contributed by atoms with E-state index in [1.165, 1.54) is 30.3 Å². The van der Waals surface area contributed by atoms with Crippen LogP contribution in [-0.4, -0.2) is 9.55 Å². The van der Waals surface area contributed by atoms with Gasteiger partial charge < -0.3 is 4.57 Å². The predicted octanol–water partition coefficient (Wildman–Crippen LogP) is 3.32. The smallest absolute Gasteiger partial charge is 0.0958 e. The highest BCUT2D eigenvalue weighted by Gasteiger charge is 2.15. The first-order valence-corrected chi connectivity index (χ1v) is 5.80. The molecule has 0 saturated carbocycles. The maximum Gasteiger partial charge on any atom is 0.0958 e. The molecule has 2 heterocycles. The Morgan fingerprint density at radius 2 is 2.27 bits per heavy atom. The molecule has 2 heteroatoms. The zero-order valence-corrected chi connectivity index (χ0v) is 9.11. The number of benzene rings is 1. The standard InChI is InChI=1S/C13H16N2/c1-10-5-2-3-8-15-9-14-12-7-4-6-11(10)13(12)15/h4,6-7,9-10H,2-3,5,8H2,1H3. The topological polar surface area (TPSA) is 17.8 Å². The Labute approximate surface area is 89.9 Å². The minimum Gasteiger partial charge on any atom is -0.330 e. The van der Waals surface area contributed by atoms with Crippen molar-refractivity contribution in [1.82, 2.24) is 9.55 Å². The second-order valence-electron chi connectivity index (χ2n) is 4.55. The number of rotatable bonds is 0. The van der Waals surface area contributed by atoms with Crippen LogP contribution in [0.15, 0.2) is 24.5 Å². The summed E-state index contributed by atoms with van der Waals surface area (Å²) in [6.45, 7) is 3.46. The molecule has 0 amide bonds. The van der Waals surface area contributed by atoms with Crippen LogP contribution < -0.4 is 0 Å². The van der Waals surface area contributed by atoms with Crippen molar-refractivity contribution in [2.75, 3.05) is 0 Å². The molecule has 1 aromatic heterocycles. The van der Waals surface area contributed by atoms with Gasteiger partial charge in [-0.15, -0.1) is 0 Å². The minimum atomic E-state index is 0.671. The van der Waals surface area contributed by atoms with Crippen LogP contribution in [0.4, 0.5) is 0 Å². The molecule has 2 nitrogen and oxygen atoms in total. The maximum absolute atomic E-state index is 4.47. The Kier molecular flexibility index (Phi) is 2.01. The molecule has 0 fully saturated rings. The van der Waals surface area contributed by atoms with Gasteiger partial charge in [-0.1, -0.05) is 25.5 Å². The highest BCUT2D eigenvalue weighted by Crippen LogP contribution is 2.30. The van der Waals surface area contributed by atoms with Crippen molar-refractivity contribution in [3.63, 3.8) is 0 Å². The summed E-state index contributed by atoms with van der Waals surface area (Å²) in [6, 6.07) is 6.51. The van der Waals surface area contributed by atoms with Crippen molar-refractivity contribution < 1.29 is 0 Å². The Morgan fingerprint density at radius 3 is 3.20 bits per heavy atom. The van der Waals surface area contributed by atoms with Gasteiger partial charge in [-0.25, -0.2) is 4.98 Å². The SMILES string of the molecule is CC1CCCCn2cnc3cccc1c32. The molecule has 0 bridgehead atoms. The molecule has 0 saturated heterocycles. The number of aromatic nitrogens is 2. The molecule has 2 aromatic rings. The van der Waals surface area contributed by atoms with E-state index in [-0.39, 0.29) is 0 Å². The van der Waals surface area contributed by atoms with Crippen molar-refractivity contribution in [3.05, 3.63) is 30.1 Å². The molecule has 0 aliphatic carbocycles. The molecular formula is C13H16N2. The zero-order chi connectivity index (χ0) is 10.3. The second-order valence-corrected chi connectivity index (χ2v) is 4.55. The fourth-order valence-corrected chi connectivity index (χ4v) is 2.61. The van der Waals surface area contributed by atoms with Crippen LogP contribution in [-0.2, 0) is 6.54 Å². The molecule has 1 atom stereocenters. The van der Waals surface area contributed by atoms with Gasteiger partial charge in [-0.2, -0.15) is 0 Å². The van der Waals surface area contributed by atoms with E-state index >= 15 is 0 Å². The summed E-state index contributed by atoms with van der Waals surface area (Å²) in [5.41, 5.74) is 4.00. The summed E-state index contributed by atoms with van der Waals surface area (Å²) >= 11 is 0. The van der Waals surface area contributed by atoms with Crippen LogP contribution in [0.25, 0.3) is 11.0 Å². The van der Waals surface area contributed by atoms with E-state index in [1.807, 2.05) is 6.33 Å². The molecule has 78 valence electrons. The lowest BCUT2D eigenvalue weighted by Gasteiger charge is -2.18. The van der Waals surface area contributed by atoms with Crippen LogP contribution >= 0.6 is 0 Å². The van der Waals surface area contributed by atoms with Crippen molar-refractivity contribution in [3.8, 4) is 0 Å². The highest BCUT2D eigenvalue weighted by atomic mass is 15.0. The van der Waals surface area contributed by atoms with Crippen molar-refractivity contribution in [2.45, 2.75) is 38.6 Å². The van der Waals surface area contributed by atoms with Gasteiger partial charge in [0.15, 0.2) is 0 Å². The van der Waals surface area contributed by atoms with E-state index in [2.05, 4.69) is 34.7 Å². The van der Waals surface area contributed by atoms with Gasteiger partial charge in [0.05, 0.1) is 17.4 Å². The lowest BCUT2D eigenvalue weighted by molar-refractivity contribution is 0.542. The molecule has 1 aliphatic rings. The summed E-state index contributed by atoms with van der Waals surface area (Å²) < 4.78 is 2.32. The van der Waals surface area contributed by atoms with Gasteiger partial charge in [0.1, 0.15) is 0 Å². The van der Waals surface area contributed by atoms with Crippen LogP contribution in [0.3, 0.4) is 0 Å². The second kappa shape index (κ2) is 3.37. The third-order valence-electron chi connectivity index (χ3n) is 3.49. The van der Waals surface area contributed by atoms with Gasteiger partial charge in [-0.05, 0) is 30.4 Å². The van der Waals surface area contributed by atoms with E-state index in [9.17, 15) is 0 Å². The largest absolute Gasteiger partial charge is 0.330 e. The first kappa shape index (κ1) is 8.96. The zero-order valence-electron chi connectivity index (χ0n) is 9.11. The van der Waals surface area contributed by atoms with Crippen LogP contribution in [0.1, 0.15) is 37.7 Å². The van der Waals surface area contributed by atoms with Crippen molar-refractivity contribution >= 4 is 11.0 Å². The summed E-state index contributed by atoms with van der Waals surface area (Å²) in [4.78, 5) is 4.47. The Balaban J connectivity index is 2.30. The predicted molar refractivity (Wildman–Crippen MR) is 62.0 cm³/mol. The Bertz CT molecular complexity index is 484. The Hall–Kier alpha value is -1.31. The fourth-order valence-electron chi connectivity index (χ4n) is 2.61. The summed E-state index contributed by atoms with van der Waals surface area (Å²) in [5, 5.41) is 0. The van der Waals surface area contributed by atoms with E-state index in [0.29, 0.717) is 5.92 Å². The third kappa shape index (κ3) is 1.36. The maximum atomic E-state index is 4.47. The van der Waals surface area contributed by atoms with Gasteiger partial charge in [0.25, 0.3) is 0 Å². The molecular weight excluding hydrogens is 184 g/mol. The summed E-state index contributed by atoms with van der Waals surface area (Å²) in [6.07, 6.45) is 5.91. The fraction of sp³-hybridized carbons (Fsp3) is 0.462. The Morgan fingerprint density at radius 1 is 1.33 bits per heavy atom. The number of hydrogen-bond acceptors (Lipinski definition) is 1. The first-order chi connectivity index (χ1) is 7.36. The normalized spacial score (nSPS) is 21.3. The molecule has 0 spiro atoms. The van der Waals surface area contributed by atoms with Gasteiger partial charge in [0, 0.05) is 6.54 Å². The van der Waals surface area contributed by atoms with E-state index in [4.69, 9.17) is 0 Å². The highest BCUT2D eigenvalue weighted by molar-refractivity contribution is 5.79. The molecule has 15 heavy (non-hydrogen) atoms. The van der Waals surface area contributed by atoms with Gasteiger partial charge >= 0.3 is 0 Å². The minimum absolute atomic E-state index is 0.671. The molecule has 1 aliphatic heterocycles. The summed E-state index contributed by atoms with van der Waals surface area (Å²) in [7, 11) is 0. The summed E-state index contributed by atoms with van der Waals surface area (Å²) in [5.74, 6) is 0.671. The first-order valence-electron chi connectivity index (χ1n) is 5.80.